The average Bonchev–Trinajstić information content (AvgIpc) is 3.38. The Morgan fingerprint density at radius 1 is 1.27 bits per heavy atom. The van der Waals surface area contributed by atoms with E-state index in [0.717, 1.165) is 31.2 Å². The van der Waals surface area contributed by atoms with E-state index in [-0.39, 0.29) is 17.9 Å². The number of carbonyl (C=O) groups excluding carboxylic acids is 1. The maximum Gasteiger partial charge on any atom is 0.317 e. The summed E-state index contributed by atoms with van der Waals surface area (Å²) in [5.74, 6) is 0.511. The molecule has 22 heavy (non-hydrogen) atoms. The van der Waals surface area contributed by atoms with Crippen LogP contribution in [0.3, 0.4) is 0 Å². The molecule has 2 saturated carbocycles. The summed E-state index contributed by atoms with van der Waals surface area (Å²) in [4.78, 5) is 13.9. The SMILES string of the molecule is CN(C[C@H](O)C1CC1)C(=O)N[C@H](c1ccc(F)cc1)C1CC1. The molecule has 1 aromatic rings. The number of carbonyl (C=O) groups is 1. The molecule has 2 fully saturated rings. The Hall–Kier alpha value is -1.62. The van der Waals surface area contributed by atoms with Gasteiger partial charge in [0.25, 0.3) is 0 Å². The molecule has 0 radical (unpaired) electrons. The van der Waals surface area contributed by atoms with Crippen molar-refractivity contribution in [1.82, 2.24) is 10.2 Å². The molecule has 0 aromatic heterocycles. The van der Waals surface area contributed by atoms with Crippen molar-refractivity contribution in [2.24, 2.45) is 11.8 Å². The molecule has 4 nitrogen and oxygen atoms in total. The number of nitrogens with one attached hydrogen (secondary N) is 1. The van der Waals surface area contributed by atoms with Crippen LogP contribution < -0.4 is 5.32 Å². The summed E-state index contributed by atoms with van der Waals surface area (Å²) in [6, 6.07) is 6.07. The molecule has 0 heterocycles. The van der Waals surface area contributed by atoms with Crippen LogP contribution in [0.15, 0.2) is 24.3 Å². The summed E-state index contributed by atoms with van der Waals surface area (Å²) < 4.78 is 13.1. The first kappa shape index (κ1) is 15.3. The summed E-state index contributed by atoms with van der Waals surface area (Å²) in [6.07, 6.45) is 3.84. The van der Waals surface area contributed by atoms with Gasteiger partial charge < -0.3 is 15.3 Å². The maximum atomic E-state index is 13.1. The molecule has 0 aliphatic heterocycles. The molecule has 2 aliphatic carbocycles. The number of urea groups is 1. The predicted molar refractivity (Wildman–Crippen MR) is 81.8 cm³/mol. The average molecular weight is 306 g/mol. The number of benzene rings is 1. The van der Waals surface area contributed by atoms with Crippen LogP contribution in [0.5, 0.6) is 0 Å². The molecule has 2 amide bonds. The van der Waals surface area contributed by atoms with Crippen LogP contribution in [0.1, 0.15) is 37.3 Å². The highest BCUT2D eigenvalue weighted by molar-refractivity contribution is 5.74. The molecular weight excluding hydrogens is 283 g/mol. The van der Waals surface area contributed by atoms with Gasteiger partial charge in [0.2, 0.25) is 0 Å². The first-order valence-electron chi connectivity index (χ1n) is 7.99. The number of likely N-dealkylation sites (N-methyl/N-ethyl adjacent to an activating group) is 1. The molecule has 0 bridgehead atoms. The number of rotatable bonds is 6. The Morgan fingerprint density at radius 2 is 1.86 bits per heavy atom. The largest absolute Gasteiger partial charge is 0.391 e. The first-order valence-corrected chi connectivity index (χ1v) is 7.99. The fraction of sp³-hybridized carbons (Fsp3) is 0.588. The Kier molecular flexibility index (Phi) is 4.34. The molecule has 120 valence electrons. The van der Waals surface area contributed by atoms with Crippen molar-refractivity contribution in [2.75, 3.05) is 13.6 Å². The van der Waals surface area contributed by atoms with E-state index < -0.39 is 6.10 Å². The minimum absolute atomic E-state index is 0.0754. The van der Waals surface area contributed by atoms with E-state index in [4.69, 9.17) is 0 Å². The molecule has 2 N–H and O–H groups in total. The monoisotopic (exact) mass is 306 g/mol. The van der Waals surface area contributed by atoms with Gasteiger partial charge in [0.1, 0.15) is 5.82 Å². The predicted octanol–water partition coefficient (Wildman–Crippen LogP) is 2.69. The van der Waals surface area contributed by atoms with Crippen molar-refractivity contribution < 1.29 is 14.3 Å². The molecule has 0 spiro atoms. The molecule has 2 aliphatic rings. The third-order valence-electron chi connectivity index (χ3n) is 4.58. The molecule has 0 unspecified atom stereocenters. The van der Waals surface area contributed by atoms with E-state index >= 15 is 0 Å². The lowest BCUT2D eigenvalue weighted by molar-refractivity contribution is 0.112. The van der Waals surface area contributed by atoms with Gasteiger partial charge in [-0.1, -0.05) is 12.1 Å². The van der Waals surface area contributed by atoms with Crippen molar-refractivity contribution in [2.45, 2.75) is 37.8 Å². The van der Waals surface area contributed by atoms with E-state index in [1.54, 1.807) is 24.1 Å². The number of amides is 2. The number of halogens is 1. The standard InChI is InChI=1S/C17H23FN2O2/c1-20(10-15(21)11-2-3-11)17(22)19-16(12-4-5-12)13-6-8-14(18)9-7-13/h6-9,11-12,15-16,21H,2-5,10H2,1H3,(H,19,22)/t15-,16-/m0/s1. The third-order valence-corrected chi connectivity index (χ3v) is 4.58. The van der Waals surface area contributed by atoms with Gasteiger partial charge in [-0.15, -0.1) is 0 Å². The van der Waals surface area contributed by atoms with Crippen molar-refractivity contribution in [3.05, 3.63) is 35.6 Å². The van der Waals surface area contributed by atoms with Gasteiger partial charge in [0.15, 0.2) is 0 Å². The van der Waals surface area contributed by atoms with Gasteiger partial charge in [-0.05, 0) is 55.2 Å². The van der Waals surface area contributed by atoms with Crippen LogP contribution in [0.2, 0.25) is 0 Å². The van der Waals surface area contributed by atoms with E-state index in [1.165, 1.54) is 12.1 Å². The molecule has 2 atom stereocenters. The van der Waals surface area contributed by atoms with Crippen molar-refractivity contribution in [1.29, 1.82) is 0 Å². The second-order valence-corrected chi connectivity index (χ2v) is 6.60. The van der Waals surface area contributed by atoms with E-state index in [0.29, 0.717) is 18.4 Å². The van der Waals surface area contributed by atoms with Crippen LogP contribution in [0.25, 0.3) is 0 Å². The zero-order valence-electron chi connectivity index (χ0n) is 12.8. The van der Waals surface area contributed by atoms with Crippen molar-refractivity contribution in [3.63, 3.8) is 0 Å². The van der Waals surface area contributed by atoms with Gasteiger partial charge in [0, 0.05) is 13.6 Å². The lowest BCUT2D eigenvalue weighted by Gasteiger charge is -2.25. The summed E-state index contributed by atoms with van der Waals surface area (Å²) in [7, 11) is 1.70. The molecule has 5 heteroatoms. The third kappa shape index (κ3) is 3.77. The highest BCUT2D eigenvalue weighted by Crippen LogP contribution is 2.41. The molecular formula is C17H23FN2O2. The Labute approximate surface area is 130 Å². The van der Waals surface area contributed by atoms with Crippen LogP contribution in [-0.2, 0) is 0 Å². The number of hydrogen-bond donors (Lipinski definition) is 2. The lowest BCUT2D eigenvalue weighted by atomic mass is 10.0. The van der Waals surface area contributed by atoms with E-state index in [1.807, 2.05) is 0 Å². The smallest absolute Gasteiger partial charge is 0.317 e. The van der Waals surface area contributed by atoms with Gasteiger partial charge in [-0.2, -0.15) is 0 Å². The maximum absolute atomic E-state index is 13.1. The molecule has 3 rings (SSSR count). The summed E-state index contributed by atoms with van der Waals surface area (Å²) in [5.41, 5.74) is 0.938. The van der Waals surface area contributed by atoms with Crippen LogP contribution >= 0.6 is 0 Å². The van der Waals surface area contributed by atoms with Gasteiger partial charge >= 0.3 is 6.03 Å². The Morgan fingerprint density at radius 3 is 2.41 bits per heavy atom. The van der Waals surface area contributed by atoms with Gasteiger partial charge in [0.05, 0.1) is 12.1 Å². The van der Waals surface area contributed by atoms with Crippen molar-refractivity contribution >= 4 is 6.03 Å². The Balaban J connectivity index is 1.60. The normalized spacial score (nSPS) is 20.3. The Bertz CT molecular complexity index is 526. The van der Waals surface area contributed by atoms with Crippen LogP contribution in [0, 0.1) is 17.7 Å². The van der Waals surface area contributed by atoms with Crippen LogP contribution in [-0.4, -0.2) is 35.7 Å². The minimum Gasteiger partial charge on any atom is -0.391 e. The topological polar surface area (TPSA) is 52.6 Å². The summed E-state index contributed by atoms with van der Waals surface area (Å²) >= 11 is 0. The first-order chi connectivity index (χ1) is 10.5. The second kappa shape index (κ2) is 6.24. The summed E-state index contributed by atoms with van der Waals surface area (Å²) in [5, 5.41) is 13.0. The van der Waals surface area contributed by atoms with E-state index in [2.05, 4.69) is 5.32 Å². The molecule has 1 aromatic carbocycles. The van der Waals surface area contributed by atoms with Gasteiger partial charge in [-0.25, -0.2) is 9.18 Å². The van der Waals surface area contributed by atoms with Crippen molar-refractivity contribution in [3.8, 4) is 0 Å². The zero-order chi connectivity index (χ0) is 15.7. The van der Waals surface area contributed by atoms with E-state index in [9.17, 15) is 14.3 Å². The number of nitrogens with zero attached hydrogens (tertiary/aromatic N) is 1. The quantitative estimate of drug-likeness (QED) is 0.849. The highest BCUT2D eigenvalue weighted by atomic mass is 19.1. The van der Waals surface area contributed by atoms with Crippen LogP contribution in [0.4, 0.5) is 9.18 Å². The summed E-state index contributed by atoms with van der Waals surface area (Å²) in [6.45, 7) is 0.358. The minimum atomic E-state index is -0.430. The highest BCUT2D eigenvalue weighted by Gasteiger charge is 2.35. The number of aliphatic hydroxyl groups excluding tert-OH is 1. The fourth-order valence-corrected chi connectivity index (χ4v) is 2.81. The number of hydrogen-bond acceptors (Lipinski definition) is 2. The second-order valence-electron chi connectivity index (χ2n) is 6.60. The number of aliphatic hydroxyl groups is 1. The lowest BCUT2D eigenvalue weighted by Crippen LogP contribution is -2.43. The van der Waals surface area contributed by atoms with Gasteiger partial charge in [-0.3, -0.25) is 0 Å². The fourth-order valence-electron chi connectivity index (χ4n) is 2.81. The zero-order valence-corrected chi connectivity index (χ0v) is 12.8. The molecule has 0 saturated heterocycles.